The first kappa shape index (κ1) is 13.3. The van der Waals surface area contributed by atoms with E-state index in [-0.39, 0.29) is 11.0 Å². The van der Waals surface area contributed by atoms with Gasteiger partial charge in [0.1, 0.15) is 0 Å². The van der Waals surface area contributed by atoms with Crippen LogP contribution in [0.2, 0.25) is 0 Å². The minimum atomic E-state index is -3.36. The molecule has 0 aromatic heterocycles. The summed E-state index contributed by atoms with van der Waals surface area (Å²) in [6.07, 6.45) is 1.55. The molecule has 0 radical (unpaired) electrons. The topological polar surface area (TPSA) is 78.4 Å². The van der Waals surface area contributed by atoms with E-state index < -0.39 is 10.0 Å². The fourth-order valence-corrected chi connectivity index (χ4v) is 2.73. The standard InChI is InChI=1S/C12H18N2O3S/c1-13-18(16,17)12-4-2-10(3-5-12)14-8-9-6-11(15)7-9/h2-5,9,11,13-15H,6-8H2,1H3. The van der Waals surface area contributed by atoms with Crippen molar-refractivity contribution in [1.29, 1.82) is 0 Å². The van der Waals surface area contributed by atoms with Crippen LogP contribution < -0.4 is 10.0 Å². The van der Waals surface area contributed by atoms with Gasteiger partial charge in [0, 0.05) is 12.2 Å². The molecule has 2 rings (SSSR count). The van der Waals surface area contributed by atoms with Crippen LogP contribution in [0.5, 0.6) is 0 Å². The number of nitrogens with one attached hydrogen (secondary N) is 2. The molecular formula is C12H18N2O3S. The lowest BCUT2D eigenvalue weighted by atomic mass is 9.82. The summed E-state index contributed by atoms with van der Waals surface area (Å²) in [6.45, 7) is 0.815. The molecule has 0 bridgehead atoms. The first-order valence-corrected chi connectivity index (χ1v) is 7.45. The fraction of sp³-hybridized carbons (Fsp3) is 0.500. The Kier molecular flexibility index (Phi) is 3.89. The van der Waals surface area contributed by atoms with Crippen molar-refractivity contribution in [2.75, 3.05) is 18.9 Å². The zero-order valence-electron chi connectivity index (χ0n) is 10.3. The first-order chi connectivity index (χ1) is 8.51. The summed E-state index contributed by atoms with van der Waals surface area (Å²) in [5.74, 6) is 0.515. The van der Waals surface area contributed by atoms with Gasteiger partial charge in [-0.05, 0) is 50.1 Å². The van der Waals surface area contributed by atoms with Gasteiger partial charge in [0.2, 0.25) is 10.0 Å². The van der Waals surface area contributed by atoms with Gasteiger partial charge in [0.15, 0.2) is 0 Å². The van der Waals surface area contributed by atoms with Gasteiger partial charge in [-0.3, -0.25) is 0 Å². The van der Waals surface area contributed by atoms with Crippen LogP contribution in [0.4, 0.5) is 5.69 Å². The lowest BCUT2D eigenvalue weighted by molar-refractivity contribution is 0.0487. The van der Waals surface area contributed by atoms with Crippen LogP contribution >= 0.6 is 0 Å². The van der Waals surface area contributed by atoms with Gasteiger partial charge in [-0.25, -0.2) is 13.1 Å². The molecule has 1 fully saturated rings. The minimum absolute atomic E-state index is 0.139. The van der Waals surface area contributed by atoms with Gasteiger partial charge in [0.25, 0.3) is 0 Å². The maximum atomic E-state index is 11.5. The number of sulfonamides is 1. The highest BCUT2D eigenvalue weighted by molar-refractivity contribution is 7.89. The molecule has 18 heavy (non-hydrogen) atoms. The van der Waals surface area contributed by atoms with E-state index in [4.69, 9.17) is 5.11 Å². The monoisotopic (exact) mass is 270 g/mol. The molecule has 5 nitrogen and oxygen atoms in total. The van der Waals surface area contributed by atoms with Gasteiger partial charge in [-0.1, -0.05) is 0 Å². The van der Waals surface area contributed by atoms with Gasteiger partial charge >= 0.3 is 0 Å². The number of hydrogen-bond donors (Lipinski definition) is 3. The van der Waals surface area contributed by atoms with E-state index in [1.165, 1.54) is 7.05 Å². The van der Waals surface area contributed by atoms with Crippen LogP contribution in [0.3, 0.4) is 0 Å². The minimum Gasteiger partial charge on any atom is -0.393 e. The predicted molar refractivity (Wildman–Crippen MR) is 69.9 cm³/mol. The Morgan fingerprint density at radius 3 is 2.39 bits per heavy atom. The van der Waals surface area contributed by atoms with E-state index in [1.807, 2.05) is 0 Å². The summed E-state index contributed by atoms with van der Waals surface area (Å²) < 4.78 is 25.3. The van der Waals surface area contributed by atoms with E-state index in [2.05, 4.69) is 10.0 Å². The molecule has 1 aromatic carbocycles. The second-order valence-electron chi connectivity index (χ2n) is 4.60. The SMILES string of the molecule is CNS(=O)(=O)c1ccc(NCC2CC(O)C2)cc1. The maximum absolute atomic E-state index is 11.5. The molecule has 1 aromatic rings. The van der Waals surface area contributed by atoms with Gasteiger partial charge in [-0.15, -0.1) is 0 Å². The molecule has 0 aliphatic heterocycles. The van der Waals surface area contributed by atoms with E-state index in [0.29, 0.717) is 5.92 Å². The normalized spacial score (nSPS) is 23.4. The van der Waals surface area contributed by atoms with Crippen molar-refractivity contribution in [2.45, 2.75) is 23.8 Å². The van der Waals surface area contributed by atoms with Gasteiger partial charge in [-0.2, -0.15) is 0 Å². The Morgan fingerprint density at radius 1 is 1.28 bits per heavy atom. The Bertz CT molecular complexity index is 493. The molecule has 6 heteroatoms. The molecule has 3 N–H and O–H groups in total. The molecule has 1 aliphatic rings. The number of rotatable bonds is 5. The van der Waals surface area contributed by atoms with E-state index in [1.54, 1.807) is 24.3 Å². The summed E-state index contributed by atoms with van der Waals surface area (Å²) in [7, 11) is -1.97. The summed E-state index contributed by atoms with van der Waals surface area (Å²) >= 11 is 0. The third-order valence-corrected chi connectivity index (χ3v) is 4.67. The average molecular weight is 270 g/mol. The number of benzene rings is 1. The molecule has 0 amide bonds. The molecule has 1 aliphatic carbocycles. The second kappa shape index (κ2) is 5.26. The second-order valence-corrected chi connectivity index (χ2v) is 6.49. The summed E-state index contributed by atoms with van der Waals surface area (Å²) in [5, 5.41) is 12.4. The molecule has 0 spiro atoms. The predicted octanol–water partition coefficient (Wildman–Crippen LogP) is 0.777. The van der Waals surface area contributed by atoms with Crippen LogP contribution in [-0.4, -0.2) is 33.2 Å². The zero-order chi connectivity index (χ0) is 13.2. The summed E-state index contributed by atoms with van der Waals surface area (Å²) in [6, 6.07) is 6.65. The summed E-state index contributed by atoms with van der Waals surface area (Å²) in [4.78, 5) is 0.259. The van der Waals surface area contributed by atoms with Crippen LogP contribution in [0, 0.1) is 5.92 Å². The van der Waals surface area contributed by atoms with Crippen LogP contribution in [-0.2, 0) is 10.0 Å². The number of aliphatic hydroxyl groups is 1. The average Bonchev–Trinajstić information content (AvgIpc) is 2.34. The number of aliphatic hydroxyl groups excluding tert-OH is 1. The third kappa shape index (κ3) is 3.01. The molecule has 0 unspecified atom stereocenters. The van der Waals surface area contributed by atoms with Crippen molar-refractivity contribution < 1.29 is 13.5 Å². The Balaban J connectivity index is 1.92. The van der Waals surface area contributed by atoms with Crippen molar-refractivity contribution in [3.8, 4) is 0 Å². The highest BCUT2D eigenvalue weighted by Crippen LogP contribution is 2.27. The van der Waals surface area contributed by atoms with Crippen LogP contribution in [0.15, 0.2) is 29.2 Å². The lowest BCUT2D eigenvalue weighted by Crippen LogP contribution is -2.33. The van der Waals surface area contributed by atoms with Crippen molar-refractivity contribution >= 4 is 15.7 Å². The molecule has 0 saturated heterocycles. The van der Waals surface area contributed by atoms with Crippen molar-refractivity contribution in [3.05, 3.63) is 24.3 Å². The Hall–Kier alpha value is -1.11. The van der Waals surface area contributed by atoms with Gasteiger partial charge < -0.3 is 10.4 Å². The lowest BCUT2D eigenvalue weighted by Gasteiger charge is -2.31. The summed E-state index contributed by atoms with van der Waals surface area (Å²) in [5.41, 5.74) is 0.895. The largest absolute Gasteiger partial charge is 0.393 e. The quantitative estimate of drug-likeness (QED) is 0.739. The van der Waals surface area contributed by atoms with Crippen molar-refractivity contribution in [3.63, 3.8) is 0 Å². The van der Waals surface area contributed by atoms with Crippen LogP contribution in [0.1, 0.15) is 12.8 Å². The zero-order valence-corrected chi connectivity index (χ0v) is 11.1. The Labute approximate surface area is 107 Å². The van der Waals surface area contributed by atoms with Crippen molar-refractivity contribution in [1.82, 2.24) is 4.72 Å². The maximum Gasteiger partial charge on any atom is 0.240 e. The van der Waals surface area contributed by atoms with Crippen molar-refractivity contribution in [2.24, 2.45) is 5.92 Å². The molecule has 1 saturated carbocycles. The number of hydrogen-bond acceptors (Lipinski definition) is 4. The van der Waals surface area contributed by atoms with E-state index in [9.17, 15) is 8.42 Å². The molecular weight excluding hydrogens is 252 g/mol. The highest BCUT2D eigenvalue weighted by atomic mass is 32.2. The highest BCUT2D eigenvalue weighted by Gasteiger charge is 2.26. The van der Waals surface area contributed by atoms with E-state index >= 15 is 0 Å². The Morgan fingerprint density at radius 2 is 1.89 bits per heavy atom. The fourth-order valence-electron chi connectivity index (χ4n) is 2.00. The smallest absolute Gasteiger partial charge is 0.240 e. The molecule has 0 heterocycles. The molecule has 100 valence electrons. The van der Waals surface area contributed by atoms with E-state index in [0.717, 1.165) is 25.1 Å². The van der Waals surface area contributed by atoms with Gasteiger partial charge in [0.05, 0.1) is 11.0 Å². The molecule has 0 atom stereocenters. The third-order valence-electron chi connectivity index (χ3n) is 3.24. The first-order valence-electron chi connectivity index (χ1n) is 5.97. The van der Waals surface area contributed by atoms with Crippen LogP contribution in [0.25, 0.3) is 0 Å². The number of anilines is 1.